The van der Waals surface area contributed by atoms with E-state index < -0.39 is 0 Å². The van der Waals surface area contributed by atoms with Gasteiger partial charge in [0.15, 0.2) is 0 Å². The summed E-state index contributed by atoms with van der Waals surface area (Å²) in [6.07, 6.45) is 3.93. The summed E-state index contributed by atoms with van der Waals surface area (Å²) in [5.41, 5.74) is 1.45. The Morgan fingerprint density at radius 1 is 1.24 bits per heavy atom. The number of hydrogen-bond donors (Lipinski definition) is 1. The fourth-order valence-electron chi connectivity index (χ4n) is 3.83. The van der Waals surface area contributed by atoms with Crippen LogP contribution in [0.5, 0.6) is 0 Å². The van der Waals surface area contributed by atoms with Gasteiger partial charge in [0.05, 0.1) is 11.1 Å². The van der Waals surface area contributed by atoms with Gasteiger partial charge in [-0.15, -0.1) is 0 Å². The Morgan fingerprint density at radius 3 is 2.96 bits per heavy atom. The van der Waals surface area contributed by atoms with Crippen LogP contribution in [0.2, 0.25) is 0 Å². The number of aromatic nitrogens is 1. The summed E-state index contributed by atoms with van der Waals surface area (Å²) in [6.45, 7) is 5.27. The quantitative estimate of drug-likeness (QED) is 0.745. The van der Waals surface area contributed by atoms with Gasteiger partial charge in [-0.3, -0.25) is 9.78 Å². The van der Waals surface area contributed by atoms with Gasteiger partial charge in [-0.25, -0.2) is 0 Å². The highest BCUT2D eigenvalue weighted by atomic mass is 16.1. The number of piperidine rings is 1. The molecule has 0 unspecified atom stereocenters. The van der Waals surface area contributed by atoms with Gasteiger partial charge in [0.1, 0.15) is 0 Å². The van der Waals surface area contributed by atoms with Crippen LogP contribution in [0.3, 0.4) is 0 Å². The largest absolute Gasteiger partial charge is 0.348 e. The van der Waals surface area contributed by atoms with Crippen molar-refractivity contribution in [3.05, 3.63) is 54.2 Å². The van der Waals surface area contributed by atoms with E-state index in [2.05, 4.69) is 34.3 Å². The molecule has 1 fully saturated rings. The molecule has 2 aromatic carbocycles. The van der Waals surface area contributed by atoms with Gasteiger partial charge in [0.2, 0.25) is 0 Å². The maximum absolute atomic E-state index is 13.0. The van der Waals surface area contributed by atoms with E-state index in [1.165, 1.54) is 0 Å². The molecule has 4 nitrogen and oxygen atoms in total. The molecule has 4 heteroatoms. The number of fused-ring (bicyclic) bond motifs is 3. The molecule has 1 N–H and O–H groups in total. The highest BCUT2D eigenvalue weighted by molar-refractivity contribution is 6.15. The van der Waals surface area contributed by atoms with E-state index in [4.69, 9.17) is 0 Å². The SMILES string of the molecule is CCN1CCC[C@H](NC(=O)c2cc3ccccc3c3cccnc23)C1. The first-order chi connectivity index (χ1) is 12.3. The minimum absolute atomic E-state index is 0.0163. The lowest BCUT2D eigenvalue weighted by atomic mass is 9.99. The molecule has 1 amide bonds. The van der Waals surface area contributed by atoms with Gasteiger partial charge in [-0.05, 0) is 48.8 Å². The molecule has 3 aromatic rings. The van der Waals surface area contributed by atoms with Crippen molar-refractivity contribution in [2.24, 2.45) is 0 Å². The first kappa shape index (κ1) is 16.0. The predicted molar refractivity (Wildman–Crippen MR) is 102 cm³/mol. The molecule has 1 saturated heterocycles. The van der Waals surface area contributed by atoms with Crippen LogP contribution in [-0.2, 0) is 0 Å². The van der Waals surface area contributed by atoms with Crippen molar-refractivity contribution in [1.82, 2.24) is 15.2 Å². The minimum Gasteiger partial charge on any atom is -0.348 e. The fourth-order valence-corrected chi connectivity index (χ4v) is 3.83. The van der Waals surface area contributed by atoms with Crippen molar-refractivity contribution in [2.45, 2.75) is 25.8 Å². The average Bonchev–Trinajstić information content (AvgIpc) is 2.67. The smallest absolute Gasteiger partial charge is 0.253 e. The monoisotopic (exact) mass is 333 g/mol. The van der Waals surface area contributed by atoms with Gasteiger partial charge >= 0.3 is 0 Å². The predicted octanol–water partition coefficient (Wildman–Crippen LogP) is 3.60. The molecule has 25 heavy (non-hydrogen) atoms. The third-order valence-electron chi connectivity index (χ3n) is 5.15. The van der Waals surface area contributed by atoms with Crippen LogP contribution in [-0.4, -0.2) is 41.5 Å². The zero-order valence-corrected chi connectivity index (χ0v) is 14.5. The van der Waals surface area contributed by atoms with E-state index in [-0.39, 0.29) is 11.9 Å². The zero-order chi connectivity index (χ0) is 17.2. The highest BCUT2D eigenvalue weighted by Crippen LogP contribution is 2.27. The van der Waals surface area contributed by atoms with E-state index in [0.29, 0.717) is 5.56 Å². The van der Waals surface area contributed by atoms with Crippen molar-refractivity contribution >= 4 is 27.6 Å². The van der Waals surface area contributed by atoms with Crippen LogP contribution in [0.4, 0.5) is 0 Å². The molecule has 1 aliphatic heterocycles. The summed E-state index contributed by atoms with van der Waals surface area (Å²) in [5.74, 6) is -0.0163. The topological polar surface area (TPSA) is 45.2 Å². The molecule has 2 heterocycles. The average molecular weight is 333 g/mol. The van der Waals surface area contributed by atoms with Crippen molar-refractivity contribution in [3.63, 3.8) is 0 Å². The normalized spacial score (nSPS) is 18.5. The van der Waals surface area contributed by atoms with Gasteiger partial charge in [0, 0.05) is 24.2 Å². The lowest BCUT2D eigenvalue weighted by Crippen LogP contribution is -2.47. The summed E-state index contributed by atoms with van der Waals surface area (Å²) in [5, 5.41) is 6.48. The molecule has 0 saturated carbocycles. The number of carbonyl (C=O) groups excluding carboxylic acids is 1. The van der Waals surface area contributed by atoms with E-state index in [0.717, 1.165) is 54.2 Å². The minimum atomic E-state index is -0.0163. The fraction of sp³-hybridized carbons (Fsp3) is 0.333. The third kappa shape index (κ3) is 3.10. The number of benzene rings is 2. The zero-order valence-electron chi connectivity index (χ0n) is 14.5. The molecule has 1 aromatic heterocycles. The number of rotatable bonds is 3. The summed E-state index contributed by atoms with van der Waals surface area (Å²) in [7, 11) is 0. The number of likely N-dealkylation sites (tertiary alicyclic amines) is 1. The number of carbonyl (C=O) groups is 1. The lowest BCUT2D eigenvalue weighted by Gasteiger charge is -2.32. The standard InChI is InChI=1S/C21H23N3O/c1-2-24-12-6-8-16(14-24)23-21(25)19-13-15-7-3-4-9-17(15)18-10-5-11-22-20(18)19/h3-5,7,9-11,13,16H,2,6,8,12,14H2,1H3,(H,23,25)/t16-/m0/s1. The second kappa shape index (κ2) is 6.81. The summed E-state index contributed by atoms with van der Waals surface area (Å²) in [6, 6.07) is 14.3. The molecule has 1 atom stereocenters. The molecule has 0 bridgehead atoms. The van der Waals surface area contributed by atoms with Crippen LogP contribution in [0.15, 0.2) is 48.7 Å². The Hall–Kier alpha value is -2.46. The van der Waals surface area contributed by atoms with Crippen LogP contribution in [0.25, 0.3) is 21.7 Å². The lowest BCUT2D eigenvalue weighted by molar-refractivity contribution is 0.0907. The Kier molecular flexibility index (Phi) is 4.36. The van der Waals surface area contributed by atoms with Gasteiger partial charge < -0.3 is 10.2 Å². The third-order valence-corrected chi connectivity index (χ3v) is 5.15. The van der Waals surface area contributed by atoms with E-state index in [1.807, 2.05) is 30.3 Å². The molecule has 4 rings (SSSR count). The Morgan fingerprint density at radius 2 is 2.08 bits per heavy atom. The Bertz CT molecular complexity index is 921. The molecule has 0 radical (unpaired) electrons. The Labute approximate surface area is 147 Å². The van der Waals surface area contributed by atoms with E-state index in [1.54, 1.807) is 6.20 Å². The summed E-state index contributed by atoms with van der Waals surface area (Å²) in [4.78, 5) is 19.9. The number of pyridine rings is 1. The Balaban J connectivity index is 1.71. The second-order valence-electron chi connectivity index (χ2n) is 6.75. The van der Waals surface area contributed by atoms with Crippen molar-refractivity contribution in [3.8, 4) is 0 Å². The van der Waals surface area contributed by atoms with Crippen molar-refractivity contribution in [1.29, 1.82) is 0 Å². The maximum atomic E-state index is 13.0. The van der Waals surface area contributed by atoms with Gasteiger partial charge in [0.25, 0.3) is 5.91 Å². The molecule has 0 aliphatic carbocycles. The first-order valence-electron chi connectivity index (χ1n) is 9.06. The molecule has 0 spiro atoms. The number of hydrogen-bond acceptors (Lipinski definition) is 3. The number of amides is 1. The van der Waals surface area contributed by atoms with E-state index in [9.17, 15) is 4.79 Å². The van der Waals surface area contributed by atoms with Gasteiger partial charge in [-0.1, -0.05) is 37.3 Å². The van der Waals surface area contributed by atoms with Crippen LogP contribution in [0, 0.1) is 0 Å². The van der Waals surface area contributed by atoms with Crippen LogP contribution in [0.1, 0.15) is 30.1 Å². The molecular formula is C21H23N3O. The number of likely N-dealkylation sites (N-methyl/N-ethyl adjacent to an activating group) is 1. The van der Waals surface area contributed by atoms with Crippen LogP contribution >= 0.6 is 0 Å². The van der Waals surface area contributed by atoms with E-state index >= 15 is 0 Å². The van der Waals surface area contributed by atoms with Crippen molar-refractivity contribution < 1.29 is 4.79 Å². The number of nitrogens with one attached hydrogen (secondary N) is 1. The maximum Gasteiger partial charge on any atom is 0.253 e. The summed E-state index contributed by atoms with van der Waals surface area (Å²) >= 11 is 0. The molecule has 128 valence electrons. The first-order valence-corrected chi connectivity index (χ1v) is 9.06. The molecule has 1 aliphatic rings. The number of nitrogens with zero attached hydrogens (tertiary/aromatic N) is 2. The van der Waals surface area contributed by atoms with Crippen LogP contribution < -0.4 is 5.32 Å². The van der Waals surface area contributed by atoms with Gasteiger partial charge in [-0.2, -0.15) is 0 Å². The molecular weight excluding hydrogens is 310 g/mol. The van der Waals surface area contributed by atoms with Crippen molar-refractivity contribution in [2.75, 3.05) is 19.6 Å². The second-order valence-corrected chi connectivity index (χ2v) is 6.75. The summed E-state index contributed by atoms with van der Waals surface area (Å²) < 4.78 is 0. The highest BCUT2D eigenvalue weighted by Gasteiger charge is 2.22.